The van der Waals surface area contributed by atoms with E-state index < -0.39 is 11.1 Å². The molecule has 0 bridgehead atoms. The van der Waals surface area contributed by atoms with Gasteiger partial charge in [0.25, 0.3) is 11.1 Å². The van der Waals surface area contributed by atoms with Crippen molar-refractivity contribution in [2.24, 2.45) is 0 Å². The van der Waals surface area contributed by atoms with E-state index in [9.17, 15) is 14.7 Å². The van der Waals surface area contributed by atoms with Crippen LogP contribution in [0.15, 0.2) is 47.4 Å². The maximum atomic E-state index is 12.5. The Morgan fingerprint density at radius 3 is 2.61 bits per heavy atom. The Bertz CT molecular complexity index is 851. The third-order valence-corrected chi connectivity index (χ3v) is 4.58. The van der Waals surface area contributed by atoms with Crippen LogP contribution in [0.3, 0.4) is 0 Å². The zero-order chi connectivity index (χ0) is 16.6. The molecule has 0 atom stereocenters. The minimum absolute atomic E-state index is 0.0246. The van der Waals surface area contributed by atoms with Gasteiger partial charge in [-0.3, -0.25) is 9.59 Å². The second-order valence-electron chi connectivity index (χ2n) is 4.70. The molecule has 2 amide bonds. The number of nitrogens with zero attached hydrogens (tertiary/aromatic N) is 1. The van der Waals surface area contributed by atoms with Gasteiger partial charge in [-0.05, 0) is 53.7 Å². The minimum Gasteiger partial charge on any atom is -0.508 e. The molecule has 0 saturated carbocycles. The fourth-order valence-corrected chi connectivity index (χ4v) is 3.27. The summed E-state index contributed by atoms with van der Waals surface area (Å²) in [6.07, 6.45) is 1.53. The SMILES string of the molecule is O=C1SC(=Cc2cc(Cl)ccc2Cl)C(=O)N1c1cccc(O)c1. The van der Waals surface area contributed by atoms with Gasteiger partial charge >= 0.3 is 0 Å². The van der Waals surface area contributed by atoms with Crippen LogP contribution in [0.25, 0.3) is 6.08 Å². The van der Waals surface area contributed by atoms with Gasteiger partial charge in [-0.25, -0.2) is 4.90 Å². The summed E-state index contributed by atoms with van der Waals surface area (Å²) in [7, 11) is 0. The lowest BCUT2D eigenvalue weighted by Crippen LogP contribution is -2.27. The lowest BCUT2D eigenvalue weighted by molar-refractivity contribution is -0.113. The van der Waals surface area contributed by atoms with Gasteiger partial charge in [0.2, 0.25) is 0 Å². The molecule has 1 aliphatic heterocycles. The van der Waals surface area contributed by atoms with Crippen LogP contribution < -0.4 is 4.90 Å². The van der Waals surface area contributed by atoms with E-state index in [2.05, 4.69) is 0 Å². The normalized spacial score (nSPS) is 16.4. The number of amides is 2. The van der Waals surface area contributed by atoms with Crippen LogP contribution in [0.5, 0.6) is 5.75 Å². The number of phenols is 1. The van der Waals surface area contributed by atoms with Crippen LogP contribution >= 0.6 is 35.0 Å². The van der Waals surface area contributed by atoms with E-state index in [0.29, 0.717) is 21.3 Å². The molecule has 1 fully saturated rings. The fraction of sp³-hybridized carbons (Fsp3) is 0. The number of halogens is 2. The lowest BCUT2D eigenvalue weighted by atomic mass is 10.2. The average Bonchev–Trinajstić information content (AvgIpc) is 2.77. The van der Waals surface area contributed by atoms with Gasteiger partial charge in [-0.1, -0.05) is 29.3 Å². The Balaban J connectivity index is 1.98. The van der Waals surface area contributed by atoms with E-state index in [0.717, 1.165) is 16.7 Å². The monoisotopic (exact) mass is 365 g/mol. The zero-order valence-electron chi connectivity index (χ0n) is 11.5. The molecule has 0 radical (unpaired) electrons. The molecule has 116 valence electrons. The topological polar surface area (TPSA) is 57.6 Å². The molecule has 1 aliphatic rings. The number of hydrogen-bond donors (Lipinski definition) is 1. The molecule has 7 heteroatoms. The molecule has 2 aromatic carbocycles. The Morgan fingerprint density at radius 1 is 1.09 bits per heavy atom. The molecular formula is C16H9Cl2NO3S. The highest BCUT2D eigenvalue weighted by Gasteiger charge is 2.36. The molecule has 4 nitrogen and oxygen atoms in total. The predicted octanol–water partition coefficient (Wildman–Crippen LogP) is 4.94. The summed E-state index contributed by atoms with van der Waals surface area (Å²) in [6, 6.07) is 10.8. The Kier molecular flexibility index (Phi) is 4.35. The standard InChI is InChI=1S/C16H9Cl2NO3S/c17-10-4-5-13(18)9(6-10)7-14-15(21)19(16(22)23-14)11-2-1-3-12(20)8-11/h1-8,20H. The maximum Gasteiger partial charge on any atom is 0.298 e. The Hall–Kier alpha value is -1.95. The van der Waals surface area contributed by atoms with E-state index in [-0.39, 0.29) is 10.7 Å². The first kappa shape index (κ1) is 15.9. The first-order chi connectivity index (χ1) is 11.0. The number of hydrogen-bond acceptors (Lipinski definition) is 4. The van der Waals surface area contributed by atoms with Crippen molar-refractivity contribution in [3.8, 4) is 5.75 Å². The van der Waals surface area contributed by atoms with Crippen molar-refractivity contribution < 1.29 is 14.7 Å². The lowest BCUT2D eigenvalue weighted by Gasteiger charge is -2.12. The van der Waals surface area contributed by atoms with Crippen molar-refractivity contribution in [3.63, 3.8) is 0 Å². The summed E-state index contributed by atoms with van der Waals surface area (Å²) in [5, 5.41) is 9.98. The summed E-state index contributed by atoms with van der Waals surface area (Å²) in [5.41, 5.74) is 0.869. The van der Waals surface area contributed by atoms with Gasteiger partial charge in [-0.15, -0.1) is 0 Å². The smallest absolute Gasteiger partial charge is 0.298 e. The molecule has 1 heterocycles. The molecule has 1 saturated heterocycles. The number of phenolic OH excluding ortho intramolecular Hbond substituents is 1. The largest absolute Gasteiger partial charge is 0.508 e. The first-order valence-electron chi connectivity index (χ1n) is 6.48. The van der Waals surface area contributed by atoms with E-state index >= 15 is 0 Å². The summed E-state index contributed by atoms with van der Waals surface area (Å²) in [6.45, 7) is 0. The van der Waals surface area contributed by atoms with E-state index in [1.165, 1.54) is 18.2 Å². The van der Waals surface area contributed by atoms with Gasteiger partial charge in [0.15, 0.2) is 0 Å². The third kappa shape index (κ3) is 3.22. The average molecular weight is 366 g/mol. The second-order valence-corrected chi connectivity index (χ2v) is 6.54. The summed E-state index contributed by atoms with van der Waals surface area (Å²) < 4.78 is 0. The van der Waals surface area contributed by atoms with Gasteiger partial charge in [0, 0.05) is 16.1 Å². The van der Waals surface area contributed by atoms with Gasteiger partial charge < -0.3 is 5.11 Å². The maximum absolute atomic E-state index is 12.5. The van der Waals surface area contributed by atoms with Crippen molar-refractivity contribution in [2.75, 3.05) is 4.90 Å². The van der Waals surface area contributed by atoms with Crippen LogP contribution in [0.1, 0.15) is 5.56 Å². The summed E-state index contributed by atoms with van der Waals surface area (Å²) >= 11 is 12.8. The van der Waals surface area contributed by atoms with Gasteiger partial charge in [0.1, 0.15) is 5.75 Å². The molecular weight excluding hydrogens is 357 g/mol. The summed E-state index contributed by atoms with van der Waals surface area (Å²) in [4.78, 5) is 25.9. The van der Waals surface area contributed by atoms with Crippen molar-refractivity contribution in [2.45, 2.75) is 0 Å². The fourth-order valence-electron chi connectivity index (χ4n) is 2.09. The Morgan fingerprint density at radius 2 is 1.87 bits per heavy atom. The number of rotatable bonds is 2. The van der Waals surface area contributed by atoms with Gasteiger partial charge in [0.05, 0.1) is 10.6 Å². The molecule has 2 aromatic rings. The molecule has 23 heavy (non-hydrogen) atoms. The highest BCUT2D eigenvalue weighted by atomic mass is 35.5. The van der Waals surface area contributed by atoms with Gasteiger partial charge in [-0.2, -0.15) is 0 Å². The first-order valence-corrected chi connectivity index (χ1v) is 8.05. The van der Waals surface area contributed by atoms with E-state index in [1.54, 1.807) is 30.3 Å². The highest BCUT2D eigenvalue weighted by Crippen LogP contribution is 2.37. The minimum atomic E-state index is -0.471. The third-order valence-electron chi connectivity index (χ3n) is 3.13. The van der Waals surface area contributed by atoms with Crippen molar-refractivity contribution in [1.29, 1.82) is 0 Å². The summed E-state index contributed by atoms with van der Waals surface area (Å²) in [5.74, 6) is -0.495. The second kappa shape index (κ2) is 6.28. The van der Waals surface area contributed by atoms with Crippen LogP contribution in [-0.4, -0.2) is 16.3 Å². The number of aromatic hydroxyl groups is 1. The number of carbonyl (C=O) groups is 2. The number of thioether (sulfide) groups is 1. The quantitative estimate of drug-likeness (QED) is 0.765. The molecule has 0 aromatic heterocycles. The van der Waals surface area contributed by atoms with Crippen molar-refractivity contribution in [1.82, 2.24) is 0 Å². The number of carbonyl (C=O) groups excluding carboxylic acids is 2. The zero-order valence-corrected chi connectivity index (χ0v) is 13.8. The molecule has 0 spiro atoms. The van der Waals surface area contributed by atoms with Crippen molar-refractivity contribution in [3.05, 3.63) is 63.0 Å². The predicted molar refractivity (Wildman–Crippen MR) is 93.0 cm³/mol. The van der Waals surface area contributed by atoms with Crippen molar-refractivity contribution >= 4 is 57.9 Å². The van der Waals surface area contributed by atoms with Crippen LogP contribution in [-0.2, 0) is 4.79 Å². The van der Waals surface area contributed by atoms with Crippen LogP contribution in [0, 0.1) is 0 Å². The Labute approximate surface area is 146 Å². The van der Waals surface area contributed by atoms with E-state index in [4.69, 9.17) is 23.2 Å². The number of imide groups is 1. The molecule has 1 N–H and O–H groups in total. The highest BCUT2D eigenvalue weighted by molar-refractivity contribution is 8.19. The molecule has 0 aliphatic carbocycles. The number of benzene rings is 2. The van der Waals surface area contributed by atoms with Crippen LogP contribution in [0.4, 0.5) is 10.5 Å². The number of anilines is 1. The van der Waals surface area contributed by atoms with Crippen LogP contribution in [0.2, 0.25) is 10.0 Å². The molecule has 0 unspecified atom stereocenters. The molecule has 3 rings (SSSR count). The van der Waals surface area contributed by atoms with E-state index in [1.807, 2.05) is 0 Å².